The highest BCUT2D eigenvalue weighted by atomic mass is 16.6. The zero-order chi connectivity index (χ0) is 18.5. The third-order valence-electron chi connectivity index (χ3n) is 3.78. The minimum atomic E-state index is -0.892. The number of carbonyl (C=O) groups is 2. The van der Waals surface area contributed by atoms with Gasteiger partial charge in [-0.05, 0) is 36.4 Å². The SMILES string of the molecule is CN(C)c1ccc(NC(=O)COC(=O)C2COc3ccccc3O2)cc1. The van der Waals surface area contributed by atoms with Crippen LogP contribution < -0.4 is 19.7 Å². The predicted molar refractivity (Wildman–Crippen MR) is 96.7 cm³/mol. The molecule has 1 aliphatic rings. The van der Waals surface area contributed by atoms with Gasteiger partial charge in [0.15, 0.2) is 18.1 Å². The van der Waals surface area contributed by atoms with Crippen molar-refractivity contribution in [2.24, 2.45) is 0 Å². The van der Waals surface area contributed by atoms with Gasteiger partial charge < -0.3 is 24.4 Å². The van der Waals surface area contributed by atoms with Gasteiger partial charge >= 0.3 is 5.97 Å². The number of para-hydroxylation sites is 2. The molecule has 1 unspecified atom stereocenters. The van der Waals surface area contributed by atoms with E-state index >= 15 is 0 Å². The first-order valence-electron chi connectivity index (χ1n) is 8.15. The standard InChI is InChI=1S/C19H20N2O5/c1-21(2)14-9-7-13(8-10-14)20-18(22)12-25-19(23)17-11-24-15-5-3-4-6-16(15)26-17/h3-10,17H,11-12H2,1-2H3,(H,20,22). The molecule has 2 aromatic carbocycles. The van der Waals surface area contributed by atoms with Crippen molar-refractivity contribution in [1.82, 2.24) is 0 Å². The summed E-state index contributed by atoms with van der Waals surface area (Å²) in [4.78, 5) is 26.0. The molecular weight excluding hydrogens is 336 g/mol. The molecule has 0 aromatic heterocycles. The summed E-state index contributed by atoms with van der Waals surface area (Å²) in [5, 5.41) is 2.68. The van der Waals surface area contributed by atoms with Gasteiger partial charge in [0, 0.05) is 25.5 Å². The van der Waals surface area contributed by atoms with Crippen molar-refractivity contribution in [2.75, 3.05) is 37.5 Å². The lowest BCUT2D eigenvalue weighted by Gasteiger charge is -2.24. The molecular formula is C19H20N2O5. The van der Waals surface area contributed by atoms with E-state index in [0.29, 0.717) is 17.2 Å². The van der Waals surface area contributed by atoms with Gasteiger partial charge in [0.1, 0.15) is 6.61 Å². The molecule has 7 heteroatoms. The van der Waals surface area contributed by atoms with Gasteiger partial charge in [0.2, 0.25) is 6.10 Å². The molecule has 26 heavy (non-hydrogen) atoms. The molecule has 1 amide bonds. The van der Waals surface area contributed by atoms with Crippen molar-refractivity contribution < 1.29 is 23.8 Å². The number of carbonyl (C=O) groups excluding carboxylic acids is 2. The number of nitrogens with zero attached hydrogens (tertiary/aromatic N) is 1. The molecule has 3 rings (SSSR count). The molecule has 0 bridgehead atoms. The van der Waals surface area contributed by atoms with E-state index in [9.17, 15) is 9.59 Å². The second-order valence-corrected chi connectivity index (χ2v) is 5.96. The second kappa shape index (κ2) is 7.77. The van der Waals surface area contributed by atoms with Crippen LogP contribution in [0.5, 0.6) is 11.5 Å². The van der Waals surface area contributed by atoms with Crippen LogP contribution in [0.2, 0.25) is 0 Å². The lowest BCUT2D eigenvalue weighted by atomic mass is 10.2. The summed E-state index contributed by atoms with van der Waals surface area (Å²) in [5.74, 6) is -0.00714. The van der Waals surface area contributed by atoms with Crippen molar-refractivity contribution in [1.29, 1.82) is 0 Å². The highest BCUT2D eigenvalue weighted by molar-refractivity contribution is 5.93. The first-order valence-corrected chi connectivity index (χ1v) is 8.15. The van der Waals surface area contributed by atoms with Crippen LogP contribution in [0.25, 0.3) is 0 Å². The van der Waals surface area contributed by atoms with Crippen LogP contribution in [-0.2, 0) is 14.3 Å². The fraction of sp³-hybridized carbons (Fsp3) is 0.263. The van der Waals surface area contributed by atoms with Crippen LogP contribution in [0.15, 0.2) is 48.5 Å². The van der Waals surface area contributed by atoms with Crippen LogP contribution in [0.3, 0.4) is 0 Å². The molecule has 7 nitrogen and oxygen atoms in total. The maximum Gasteiger partial charge on any atom is 0.351 e. The van der Waals surface area contributed by atoms with Crippen LogP contribution in [-0.4, -0.2) is 45.3 Å². The summed E-state index contributed by atoms with van der Waals surface area (Å²) in [6.45, 7) is -0.348. The Balaban J connectivity index is 1.48. The number of fused-ring (bicyclic) bond motifs is 1. The van der Waals surface area contributed by atoms with E-state index < -0.39 is 24.6 Å². The smallest absolute Gasteiger partial charge is 0.351 e. The predicted octanol–water partition coefficient (Wildman–Crippen LogP) is 2.07. The Morgan fingerprint density at radius 3 is 2.50 bits per heavy atom. The van der Waals surface area contributed by atoms with Gasteiger partial charge in [0.25, 0.3) is 5.91 Å². The van der Waals surface area contributed by atoms with Gasteiger partial charge in [0.05, 0.1) is 0 Å². The zero-order valence-electron chi connectivity index (χ0n) is 14.6. The van der Waals surface area contributed by atoms with Crippen molar-refractivity contribution >= 4 is 23.3 Å². The Labute approximate surface area is 151 Å². The zero-order valence-corrected chi connectivity index (χ0v) is 14.6. The number of rotatable bonds is 5. The maximum atomic E-state index is 12.1. The molecule has 1 atom stereocenters. The fourth-order valence-electron chi connectivity index (χ4n) is 2.41. The van der Waals surface area contributed by atoms with Crippen LogP contribution >= 0.6 is 0 Å². The molecule has 0 spiro atoms. The van der Waals surface area contributed by atoms with E-state index in [2.05, 4.69) is 5.32 Å². The third-order valence-corrected chi connectivity index (χ3v) is 3.78. The quantitative estimate of drug-likeness (QED) is 0.827. The highest BCUT2D eigenvalue weighted by Gasteiger charge is 2.29. The Hall–Kier alpha value is -3.22. The molecule has 0 aliphatic carbocycles. The number of hydrogen-bond acceptors (Lipinski definition) is 6. The third kappa shape index (κ3) is 4.24. The summed E-state index contributed by atoms with van der Waals surface area (Å²) in [7, 11) is 3.87. The Kier molecular flexibility index (Phi) is 5.26. The van der Waals surface area contributed by atoms with Crippen molar-refractivity contribution in [2.45, 2.75) is 6.10 Å². The van der Waals surface area contributed by atoms with E-state index in [1.165, 1.54) is 0 Å². The van der Waals surface area contributed by atoms with Crippen LogP contribution in [0.4, 0.5) is 11.4 Å². The van der Waals surface area contributed by atoms with Gasteiger partial charge in [-0.25, -0.2) is 4.79 Å². The number of amides is 1. The molecule has 136 valence electrons. The first-order chi connectivity index (χ1) is 12.5. The molecule has 0 saturated heterocycles. The molecule has 1 N–H and O–H groups in total. The van der Waals surface area contributed by atoms with Crippen LogP contribution in [0.1, 0.15) is 0 Å². The summed E-state index contributed by atoms with van der Waals surface area (Å²) in [5.41, 5.74) is 1.65. The summed E-state index contributed by atoms with van der Waals surface area (Å²) in [6, 6.07) is 14.4. The average Bonchev–Trinajstić information content (AvgIpc) is 2.66. The van der Waals surface area contributed by atoms with Gasteiger partial charge in [-0.3, -0.25) is 4.79 Å². The second-order valence-electron chi connectivity index (χ2n) is 5.96. The highest BCUT2D eigenvalue weighted by Crippen LogP contribution is 2.31. The van der Waals surface area contributed by atoms with E-state index in [1.54, 1.807) is 30.3 Å². The minimum absolute atomic E-state index is 0.0451. The van der Waals surface area contributed by atoms with E-state index in [1.807, 2.05) is 37.2 Å². The topological polar surface area (TPSA) is 77.1 Å². The average molecular weight is 356 g/mol. The molecule has 1 heterocycles. The maximum absolute atomic E-state index is 12.1. The summed E-state index contributed by atoms with van der Waals surface area (Å²) >= 11 is 0. The monoisotopic (exact) mass is 356 g/mol. The van der Waals surface area contributed by atoms with E-state index in [-0.39, 0.29) is 6.61 Å². The number of nitrogens with one attached hydrogen (secondary N) is 1. The number of benzene rings is 2. The molecule has 2 aromatic rings. The fourth-order valence-corrected chi connectivity index (χ4v) is 2.41. The van der Waals surface area contributed by atoms with Gasteiger partial charge in [-0.2, -0.15) is 0 Å². The number of ether oxygens (including phenoxy) is 3. The largest absolute Gasteiger partial charge is 0.485 e. The Morgan fingerprint density at radius 1 is 1.12 bits per heavy atom. The Morgan fingerprint density at radius 2 is 1.81 bits per heavy atom. The van der Waals surface area contributed by atoms with Gasteiger partial charge in [-0.1, -0.05) is 12.1 Å². The number of hydrogen-bond donors (Lipinski definition) is 1. The van der Waals surface area contributed by atoms with Crippen molar-refractivity contribution in [3.05, 3.63) is 48.5 Å². The van der Waals surface area contributed by atoms with E-state index in [4.69, 9.17) is 14.2 Å². The molecule has 0 saturated carbocycles. The number of anilines is 2. The molecule has 1 aliphatic heterocycles. The summed E-state index contributed by atoms with van der Waals surface area (Å²) in [6.07, 6.45) is -0.892. The Bertz CT molecular complexity index is 789. The number of esters is 1. The first kappa shape index (κ1) is 17.6. The lowest BCUT2D eigenvalue weighted by Crippen LogP contribution is -2.39. The van der Waals surface area contributed by atoms with E-state index in [0.717, 1.165) is 5.69 Å². The van der Waals surface area contributed by atoms with Crippen molar-refractivity contribution in [3.8, 4) is 11.5 Å². The molecule has 0 fully saturated rings. The normalized spacial score (nSPS) is 15.1. The van der Waals surface area contributed by atoms with Crippen molar-refractivity contribution in [3.63, 3.8) is 0 Å². The van der Waals surface area contributed by atoms with Crippen LogP contribution in [0, 0.1) is 0 Å². The minimum Gasteiger partial charge on any atom is -0.485 e. The lowest BCUT2D eigenvalue weighted by molar-refractivity contribution is -0.156. The van der Waals surface area contributed by atoms with Gasteiger partial charge in [-0.15, -0.1) is 0 Å². The molecule has 0 radical (unpaired) electrons. The summed E-state index contributed by atoms with van der Waals surface area (Å²) < 4.78 is 16.0.